The molecule has 1 rings (SSSR count). The van der Waals surface area contributed by atoms with Gasteiger partial charge in [-0.1, -0.05) is 4.47 Å². The number of methoxy groups -OCH3 is 1. The zero-order valence-corrected chi connectivity index (χ0v) is 16.1. The fourth-order valence-corrected chi connectivity index (χ4v) is 3.34. The van der Waals surface area contributed by atoms with Crippen molar-refractivity contribution in [2.75, 3.05) is 33.3 Å². The molecule has 1 amide bonds. The van der Waals surface area contributed by atoms with Crippen LogP contribution in [0.3, 0.4) is 0 Å². The molecule has 0 unspecified atom stereocenters. The van der Waals surface area contributed by atoms with Crippen molar-refractivity contribution in [2.45, 2.75) is 17.4 Å². The third-order valence-corrected chi connectivity index (χ3v) is 5.75. The Labute approximate surface area is 151 Å². The van der Waals surface area contributed by atoms with Gasteiger partial charge in [0, 0.05) is 12.6 Å². The molecule has 10 heteroatoms. The average molecular weight is 390 g/mol. The minimum absolute atomic E-state index is 0.0136. The minimum atomic E-state index is -3.78. The lowest BCUT2D eigenvalue weighted by Crippen LogP contribution is -2.41. The van der Waals surface area contributed by atoms with E-state index >= 15 is 0 Å². The summed E-state index contributed by atoms with van der Waals surface area (Å²) < 4.78 is 29.6. The van der Waals surface area contributed by atoms with Gasteiger partial charge in [-0.05, 0) is 42.7 Å². The molecule has 0 spiro atoms. The fourth-order valence-electron chi connectivity index (χ4n) is 1.89. The first-order chi connectivity index (χ1) is 11.8. The normalized spacial score (nSPS) is 12.7. The number of thioether (sulfide) groups is 1. The first-order valence-corrected chi connectivity index (χ1v) is 10.1. The molecule has 0 aromatic heterocycles. The molecule has 0 saturated carbocycles. The summed E-state index contributed by atoms with van der Waals surface area (Å²) in [4.78, 5) is 28.7. The summed E-state index contributed by atoms with van der Waals surface area (Å²) >= 11 is 1.55. The molecule has 0 aliphatic carbocycles. The van der Waals surface area contributed by atoms with Crippen LogP contribution in [-0.2, 0) is 24.4 Å². The average Bonchev–Trinajstić information content (AvgIpc) is 2.63. The van der Waals surface area contributed by atoms with Gasteiger partial charge < -0.3 is 10.1 Å². The Balaban J connectivity index is 2.90. The predicted octanol–water partition coefficient (Wildman–Crippen LogP) is 0.893. The second-order valence-corrected chi connectivity index (χ2v) is 7.87. The highest BCUT2D eigenvalue weighted by Gasteiger charge is 2.23. The first-order valence-electron chi connectivity index (χ1n) is 7.28. The number of nitrogens with one attached hydrogen (secondary N) is 1. The summed E-state index contributed by atoms with van der Waals surface area (Å²) in [5.74, 6) is -0.329. The zero-order chi connectivity index (χ0) is 19.0. The molecule has 1 N–H and O–H groups in total. The summed E-state index contributed by atoms with van der Waals surface area (Å²) in [7, 11) is -0.0214. The van der Waals surface area contributed by atoms with E-state index in [0.29, 0.717) is 12.2 Å². The molecule has 0 fully saturated rings. The number of amides is 1. The van der Waals surface area contributed by atoms with E-state index in [1.165, 1.54) is 45.5 Å². The van der Waals surface area contributed by atoms with Crippen molar-refractivity contribution in [3.8, 4) is 0 Å². The van der Waals surface area contributed by atoms with Crippen molar-refractivity contribution >= 4 is 33.7 Å². The van der Waals surface area contributed by atoms with Crippen LogP contribution < -0.4 is 5.32 Å². The van der Waals surface area contributed by atoms with Crippen LogP contribution in [0.1, 0.15) is 16.8 Å². The summed E-state index contributed by atoms with van der Waals surface area (Å²) in [5.41, 5.74) is 0.233. The van der Waals surface area contributed by atoms with Crippen LogP contribution in [0, 0.1) is 0 Å². The SMILES string of the molecule is COC(=O)[C@@H](CCSC)NC(=O)c1ccc(S(=O)(=O)N(C)OC)cc1. The number of nitrogens with zero attached hydrogens (tertiary/aromatic N) is 1. The molecule has 0 bridgehead atoms. The van der Waals surface area contributed by atoms with Crippen LogP contribution in [-0.4, -0.2) is 64.1 Å². The van der Waals surface area contributed by atoms with Crippen LogP contribution in [0.25, 0.3) is 0 Å². The number of benzene rings is 1. The Kier molecular flexibility index (Phi) is 8.36. The molecule has 1 aromatic carbocycles. The van der Waals surface area contributed by atoms with Gasteiger partial charge in [0.1, 0.15) is 6.04 Å². The quantitative estimate of drug-likeness (QED) is 0.493. The molecule has 1 aromatic rings. The maximum absolute atomic E-state index is 12.3. The topological polar surface area (TPSA) is 102 Å². The largest absolute Gasteiger partial charge is 0.467 e. The van der Waals surface area contributed by atoms with E-state index in [1.54, 1.807) is 11.8 Å². The van der Waals surface area contributed by atoms with E-state index in [-0.39, 0.29) is 10.5 Å². The molecule has 0 radical (unpaired) electrons. The van der Waals surface area contributed by atoms with E-state index in [9.17, 15) is 18.0 Å². The zero-order valence-electron chi connectivity index (χ0n) is 14.5. The standard InChI is InChI=1S/C15H22N2O6S2/c1-17(23-3)25(20,21)12-7-5-11(6-8-12)14(18)16-13(9-10-24-4)15(19)22-2/h5-8,13H,9-10H2,1-4H3,(H,16,18)/t13-/m1/s1. The molecule has 0 heterocycles. The highest BCUT2D eigenvalue weighted by molar-refractivity contribution is 7.98. The molecule has 1 atom stereocenters. The van der Waals surface area contributed by atoms with Gasteiger partial charge in [0.15, 0.2) is 0 Å². The number of carbonyl (C=O) groups excluding carboxylic acids is 2. The lowest BCUT2D eigenvalue weighted by atomic mass is 10.1. The summed E-state index contributed by atoms with van der Waals surface area (Å²) in [6.07, 6.45) is 2.33. The molecular formula is C15H22N2O6S2. The van der Waals surface area contributed by atoms with Crippen molar-refractivity contribution in [2.24, 2.45) is 0 Å². The minimum Gasteiger partial charge on any atom is -0.467 e. The summed E-state index contributed by atoms with van der Waals surface area (Å²) in [6.45, 7) is 0. The first kappa shape index (κ1) is 21.4. The molecule has 25 heavy (non-hydrogen) atoms. The Morgan fingerprint density at radius 3 is 2.32 bits per heavy atom. The van der Waals surface area contributed by atoms with E-state index < -0.39 is 27.9 Å². The number of rotatable bonds is 9. The van der Waals surface area contributed by atoms with Gasteiger partial charge in [-0.15, -0.1) is 0 Å². The van der Waals surface area contributed by atoms with Gasteiger partial charge in [-0.2, -0.15) is 11.8 Å². The number of hydrogen-bond acceptors (Lipinski definition) is 7. The van der Waals surface area contributed by atoms with E-state index in [2.05, 4.69) is 14.9 Å². The van der Waals surface area contributed by atoms with Gasteiger partial charge >= 0.3 is 5.97 Å². The maximum Gasteiger partial charge on any atom is 0.328 e. The predicted molar refractivity (Wildman–Crippen MR) is 94.7 cm³/mol. The van der Waals surface area contributed by atoms with Gasteiger partial charge in [-0.3, -0.25) is 9.63 Å². The Bertz CT molecular complexity index is 690. The molecule has 0 saturated heterocycles. The summed E-state index contributed by atoms with van der Waals surface area (Å²) in [5, 5.41) is 2.60. The Hall–Kier alpha value is -1.62. The lowest BCUT2D eigenvalue weighted by molar-refractivity contribution is -0.142. The van der Waals surface area contributed by atoms with E-state index in [1.807, 2.05) is 6.26 Å². The van der Waals surface area contributed by atoms with Crippen molar-refractivity contribution < 1.29 is 27.6 Å². The van der Waals surface area contributed by atoms with Gasteiger partial charge in [0.25, 0.3) is 15.9 Å². The third kappa shape index (κ3) is 5.70. The van der Waals surface area contributed by atoms with Crippen LogP contribution in [0.2, 0.25) is 0 Å². The van der Waals surface area contributed by atoms with E-state index in [0.717, 1.165) is 4.47 Å². The number of sulfonamides is 1. The number of hydrogen-bond donors (Lipinski definition) is 1. The number of esters is 1. The van der Waals surface area contributed by atoms with Crippen molar-refractivity contribution in [1.29, 1.82) is 0 Å². The van der Waals surface area contributed by atoms with Crippen LogP contribution in [0.5, 0.6) is 0 Å². The van der Waals surface area contributed by atoms with E-state index in [4.69, 9.17) is 0 Å². The second-order valence-electron chi connectivity index (χ2n) is 4.95. The summed E-state index contributed by atoms with van der Waals surface area (Å²) in [6, 6.07) is 4.58. The number of hydroxylamine groups is 1. The molecular weight excluding hydrogens is 368 g/mol. The fraction of sp³-hybridized carbons (Fsp3) is 0.467. The number of ether oxygens (including phenoxy) is 1. The Morgan fingerprint density at radius 2 is 1.84 bits per heavy atom. The number of carbonyl (C=O) groups is 2. The smallest absolute Gasteiger partial charge is 0.328 e. The van der Waals surface area contributed by atoms with Crippen molar-refractivity contribution in [3.63, 3.8) is 0 Å². The van der Waals surface area contributed by atoms with Crippen LogP contribution in [0.15, 0.2) is 29.2 Å². The highest BCUT2D eigenvalue weighted by Crippen LogP contribution is 2.15. The van der Waals surface area contributed by atoms with Gasteiger partial charge in [-0.25, -0.2) is 13.2 Å². The Morgan fingerprint density at radius 1 is 1.24 bits per heavy atom. The lowest BCUT2D eigenvalue weighted by Gasteiger charge is -2.16. The van der Waals surface area contributed by atoms with Gasteiger partial charge in [0.2, 0.25) is 0 Å². The van der Waals surface area contributed by atoms with Crippen LogP contribution in [0.4, 0.5) is 0 Å². The molecule has 0 aliphatic rings. The highest BCUT2D eigenvalue weighted by atomic mass is 32.2. The molecule has 140 valence electrons. The monoisotopic (exact) mass is 390 g/mol. The molecule has 8 nitrogen and oxygen atoms in total. The molecule has 0 aliphatic heterocycles. The van der Waals surface area contributed by atoms with Gasteiger partial charge in [0.05, 0.1) is 19.1 Å². The van der Waals surface area contributed by atoms with Crippen molar-refractivity contribution in [1.82, 2.24) is 9.79 Å². The van der Waals surface area contributed by atoms with Crippen LogP contribution >= 0.6 is 11.8 Å². The van der Waals surface area contributed by atoms with Crippen molar-refractivity contribution in [3.05, 3.63) is 29.8 Å². The maximum atomic E-state index is 12.3. The second kappa shape index (κ2) is 9.76. The third-order valence-electron chi connectivity index (χ3n) is 3.41.